The summed E-state index contributed by atoms with van der Waals surface area (Å²) in [4.78, 5) is 26.4. The Bertz CT molecular complexity index is 1040. The van der Waals surface area contributed by atoms with Gasteiger partial charge in [0.1, 0.15) is 11.5 Å². The van der Waals surface area contributed by atoms with Crippen molar-refractivity contribution in [1.82, 2.24) is 0 Å². The Labute approximate surface area is 165 Å². The van der Waals surface area contributed by atoms with Gasteiger partial charge in [-0.1, -0.05) is 11.6 Å². The van der Waals surface area contributed by atoms with Crippen LogP contribution in [0.15, 0.2) is 64.0 Å². The smallest absolute Gasteiger partial charge is 0.338 e. The van der Waals surface area contributed by atoms with Crippen LogP contribution in [0, 0.1) is 10.1 Å². The number of rotatable bonds is 6. The van der Waals surface area contributed by atoms with Crippen LogP contribution in [0.2, 0.25) is 5.02 Å². The minimum atomic E-state index is -0.495. The van der Waals surface area contributed by atoms with Gasteiger partial charge in [0.05, 0.1) is 34.0 Å². The normalized spacial score (nSPS) is 10.9. The van der Waals surface area contributed by atoms with Crippen molar-refractivity contribution < 1.29 is 18.9 Å². The molecule has 0 fully saturated rings. The molecule has 28 heavy (non-hydrogen) atoms. The molecule has 0 N–H and O–H groups in total. The standard InChI is InChI=1S/C20H15ClN2O5/c1-2-27-20(24)13-3-5-14(6-4-13)22-12-16-8-10-19(28-16)17-11-15(23(25)26)7-9-18(17)21/h3-12H,2H2,1H3. The Kier molecular flexibility index (Phi) is 5.86. The first-order chi connectivity index (χ1) is 13.5. The number of benzene rings is 2. The maximum absolute atomic E-state index is 11.6. The lowest BCUT2D eigenvalue weighted by atomic mass is 10.1. The maximum atomic E-state index is 11.6. The van der Waals surface area contributed by atoms with E-state index in [1.807, 2.05) is 0 Å². The number of aliphatic imine (C=N–C) groups is 1. The molecule has 8 heteroatoms. The van der Waals surface area contributed by atoms with E-state index in [0.717, 1.165) is 0 Å². The van der Waals surface area contributed by atoms with Crippen LogP contribution in [0.4, 0.5) is 11.4 Å². The molecule has 7 nitrogen and oxygen atoms in total. The van der Waals surface area contributed by atoms with Crippen molar-refractivity contribution in [2.75, 3.05) is 6.61 Å². The van der Waals surface area contributed by atoms with Gasteiger partial charge < -0.3 is 9.15 Å². The molecule has 0 aliphatic carbocycles. The Balaban J connectivity index is 1.77. The van der Waals surface area contributed by atoms with Gasteiger partial charge in [-0.25, -0.2) is 4.79 Å². The molecule has 3 rings (SSSR count). The Hall–Kier alpha value is -3.45. The number of non-ortho nitro benzene ring substituents is 1. The van der Waals surface area contributed by atoms with Crippen molar-refractivity contribution in [2.45, 2.75) is 6.92 Å². The third kappa shape index (κ3) is 4.44. The average Bonchev–Trinajstić information content (AvgIpc) is 3.16. The molecular formula is C20H15ClN2O5. The third-order valence-electron chi connectivity index (χ3n) is 3.77. The monoisotopic (exact) mass is 398 g/mol. The zero-order valence-electron chi connectivity index (χ0n) is 14.8. The van der Waals surface area contributed by atoms with Crippen LogP contribution in [-0.2, 0) is 4.74 Å². The van der Waals surface area contributed by atoms with Crippen molar-refractivity contribution in [3.63, 3.8) is 0 Å². The van der Waals surface area contributed by atoms with E-state index in [2.05, 4.69) is 4.99 Å². The molecule has 142 valence electrons. The molecule has 0 saturated heterocycles. The number of furan rings is 1. The van der Waals surface area contributed by atoms with E-state index in [9.17, 15) is 14.9 Å². The van der Waals surface area contributed by atoms with Crippen molar-refractivity contribution in [3.8, 4) is 11.3 Å². The molecule has 1 heterocycles. The van der Waals surface area contributed by atoms with Gasteiger partial charge in [0.2, 0.25) is 0 Å². The van der Waals surface area contributed by atoms with Crippen molar-refractivity contribution in [2.24, 2.45) is 4.99 Å². The highest BCUT2D eigenvalue weighted by molar-refractivity contribution is 6.33. The number of esters is 1. The van der Waals surface area contributed by atoms with Gasteiger partial charge in [-0.3, -0.25) is 15.1 Å². The van der Waals surface area contributed by atoms with Gasteiger partial charge >= 0.3 is 5.97 Å². The van der Waals surface area contributed by atoms with E-state index >= 15 is 0 Å². The summed E-state index contributed by atoms with van der Waals surface area (Å²) < 4.78 is 10.6. The molecule has 0 aliphatic heterocycles. The molecule has 1 aromatic heterocycles. The number of ether oxygens (including phenoxy) is 1. The lowest BCUT2D eigenvalue weighted by Gasteiger charge is -2.01. The van der Waals surface area contributed by atoms with Gasteiger partial charge in [0, 0.05) is 17.7 Å². The van der Waals surface area contributed by atoms with Crippen LogP contribution in [0.3, 0.4) is 0 Å². The van der Waals surface area contributed by atoms with Crippen LogP contribution in [-0.4, -0.2) is 23.7 Å². The fraction of sp³-hybridized carbons (Fsp3) is 0.100. The van der Waals surface area contributed by atoms with Crippen LogP contribution >= 0.6 is 11.6 Å². The first-order valence-electron chi connectivity index (χ1n) is 8.33. The summed E-state index contributed by atoms with van der Waals surface area (Å²) >= 11 is 6.13. The number of nitro groups is 1. The molecule has 3 aromatic rings. The van der Waals surface area contributed by atoms with Gasteiger partial charge in [0.25, 0.3) is 5.69 Å². The van der Waals surface area contributed by atoms with Gasteiger partial charge in [-0.05, 0) is 49.4 Å². The molecule has 0 amide bonds. The molecule has 0 aliphatic rings. The first-order valence-corrected chi connectivity index (χ1v) is 8.71. The summed E-state index contributed by atoms with van der Waals surface area (Å²) in [7, 11) is 0. The van der Waals surface area contributed by atoms with Crippen molar-refractivity contribution in [3.05, 3.63) is 81.1 Å². The fourth-order valence-electron chi connectivity index (χ4n) is 2.42. The van der Waals surface area contributed by atoms with Crippen LogP contribution in [0.25, 0.3) is 11.3 Å². The summed E-state index contributed by atoms with van der Waals surface area (Å²) in [6.45, 7) is 2.06. The lowest BCUT2D eigenvalue weighted by molar-refractivity contribution is -0.384. The molecule has 0 radical (unpaired) electrons. The number of carbonyl (C=O) groups is 1. The van der Waals surface area contributed by atoms with Gasteiger partial charge in [-0.15, -0.1) is 0 Å². The van der Waals surface area contributed by atoms with E-state index < -0.39 is 4.92 Å². The second kappa shape index (κ2) is 8.49. The van der Waals surface area contributed by atoms with E-state index in [-0.39, 0.29) is 11.7 Å². The van der Waals surface area contributed by atoms with E-state index in [1.54, 1.807) is 43.3 Å². The lowest BCUT2D eigenvalue weighted by Crippen LogP contribution is -2.03. The topological polar surface area (TPSA) is 94.9 Å². The van der Waals surface area contributed by atoms with E-state index in [4.69, 9.17) is 20.8 Å². The second-order valence-electron chi connectivity index (χ2n) is 5.65. The highest BCUT2D eigenvalue weighted by Gasteiger charge is 2.14. The molecule has 2 aromatic carbocycles. The van der Waals surface area contributed by atoms with Crippen molar-refractivity contribution in [1.29, 1.82) is 0 Å². The van der Waals surface area contributed by atoms with E-state index in [1.165, 1.54) is 24.4 Å². The minimum Gasteiger partial charge on any atom is -0.462 e. The van der Waals surface area contributed by atoms with Crippen LogP contribution < -0.4 is 0 Å². The molecule has 0 spiro atoms. The second-order valence-corrected chi connectivity index (χ2v) is 6.06. The fourth-order valence-corrected chi connectivity index (χ4v) is 2.63. The Morgan fingerprint density at radius 1 is 1.21 bits per heavy atom. The first kappa shape index (κ1) is 19.3. The number of hydrogen-bond donors (Lipinski definition) is 0. The average molecular weight is 399 g/mol. The summed E-state index contributed by atoms with van der Waals surface area (Å²) in [5.41, 5.74) is 1.42. The summed E-state index contributed by atoms with van der Waals surface area (Å²) in [5, 5.41) is 11.3. The van der Waals surface area contributed by atoms with Crippen LogP contribution in [0.5, 0.6) is 0 Å². The molecule has 0 saturated carbocycles. The number of nitro benzene ring substituents is 1. The Morgan fingerprint density at radius 3 is 2.64 bits per heavy atom. The quantitative estimate of drug-likeness (QED) is 0.238. The van der Waals surface area contributed by atoms with Crippen molar-refractivity contribution >= 4 is 35.2 Å². The molecule has 0 bridgehead atoms. The number of carbonyl (C=O) groups excluding carboxylic acids is 1. The van der Waals surface area contributed by atoms with Gasteiger partial charge in [0.15, 0.2) is 0 Å². The Morgan fingerprint density at radius 2 is 1.96 bits per heavy atom. The number of hydrogen-bond acceptors (Lipinski definition) is 6. The number of nitrogens with zero attached hydrogens (tertiary/aromatic N) is 2. The SMILES string of the molecule is CCOC(=O)c1ccc(N=Cc2ccc(-c3cc([N+](=O)[O-])ccc3Cl)o2)cc1. The summed E-state index contributed by atoms with van der Waals surface area (Å²) in [6.07, 6.45) is 1.51. The summed E-state index contributed by atoms with van der Waals surface area (Å²) in [6, 6.07) is 14.1. The third-order valence-corrected chi connectivity index (χ3v) is 4.10. The zero-order valence-corrected chi connectivity index (χ0v) is 15.6. The number of halogens is 1. The van der Waals surface area contributed by atoms with Crippen LogP contribution in [0.1, 0.15) is 23.0 Å². The largest absolute Gasteiger partial charge is 0.462 e. The minimum absolute atomic E-state index is 0.0762. The van der Waals surface area contributed by atoms with Gasteiger partial charge in [-0.2, -0.15) is 0 Å². The van der Waals surface area contributed by atoms with E-state index in [0.29, 0.717) is 40.0 Å². The highest BCUT2D eigenvalue weighted by atomic mass is 35.5. The zero-order chi connectivity index (χ0) is 20.1. The maximum Gasteiger partial charge on any atom is 0.338 e. The molecular weight excluding hydrogens is 384 g/mol. The highest BCUT2D eigenvalue weighted by Crippen LogP contribution is 2.32. The predicted octanol–water partition coefficient (Wildman–Crippen LogP) is 5.44. The predicted molar refractivity (Wildman–Crippen MR) is 105 cm³/mol. The molecule has 0 atom stereocenters. The summed E-state index contributed by atoms with van der Waals surface area (Å²) in [5.74, 6) is 0.461. The molecule has 0 unspecified atom stereocenters.